The van der Waals surface area contributed by atoms with Gasteiger partial charge in [0.1, 0.15) is 0 Å². The maximum absolute atomic E-state index is 12.4. The summed E-state index contributed by atoms with van der Waals surface area (Å²) >= 11 is 0. The average Bonchev–Trinajstić information content (AvgIpc) is 2.93. The highest BCUT2D eigenvalue weighted by Crippen LogP contribution is 2.24. The molecule has 1 aliphatic rings. The van der Waals surface area contributed by atoms with Crippen molar-refractivity contribution >= 4 is 15.9 Å². The lowest BCUT2D eigenvalue weighted by Gasteiger charge is -2.17. The molecular weight excluding hydrogens is 290 g/mol. The quantitative estimate of drug-likeness (QED) is 0.319. The van der Waals surface area contributed by atoms with E-state index in [2.05, 4.69) is 9.88 Å². The van der Waals surface area contributed by atoms with Crippen LogP contribution in [0.15, 0.2) is 28.3 Å². The minimum Gasteiger partial charge on any atom is -0.409 e. The number of aryl methyl sites for hydroxylation is 2. The first kappa shape index (κ1) is 15.8. The summed E-state index contributed by atoms with van der Waals surface area (Å²) in [5.74, 6) is -0.124. The van der Waals surface area contributed by atoms with Gasteiger partial charge in [0.15, 0.2) is 5.84 Å². The summed E-state index contributed by atoms with van der Waals surface area (Å²) in [6, 6.07) is 4.51. The molecule has 2 rings (SSSR count). The van der Waals surface area contributed by atoms with Crippen LogP contribution in [0.1, 0.15) is 37.3 Å². The van der Waals surface area contributed by atoms with E-state index in [9.17, 15) is 8.42 Å². The highest BCUT2D eigenvalue weighted by atomic mass is 32.2. The van der Waals surface area contributed by atoms with Gasteiger partial charge < -0.3 is 10.9 Å². The van der Waals surface area contributed by atoms with Crippen molar-refractivity contribution in [3.05, 3.63) is 29.3 Å². The summed E-state index contributed by atoms with van der Waals surface area (Å²) in [6.45, 7) is 1.90. The lowest BCUT2D eigenvalue weighted by Crippen LogP contribution is -2.44. The Morgan fingerprint density at radius 3 is 2.81 bits per heavy atom. The number of rotatable bonds is 6. The van der Waals surface area contributed by atoms with E-state index < -0.39 is 16.1 Å². The van der Waals surface area contributed by atoms with Crippen LogP contribution in [0, 0.1) is 0 Å². The third kappa shape index (κ3) is 3.54. The molecule has 0 aliphatic heterocycles. The van der Waals surface area contributed by atoms with Crippen molar-refractivity contribution in [3.8, 4) is 0 Å². The highest BCUT2D eigenvalue weighted by Gasteiger charge is 2.24. The van der Waals surface area contributed by atoms with E-state index >= 15 is 0 Å². The minimum atomic E-state index is -3.68. The van der Waals surface area contributed by atoms with Crippen LogP contribution in [0.3, 0.4) is 0 Å². The number of nitrogens with one attached hydrogen (secondary N) is 1. The molecule has 1 atom stereocenters. The summed E-state index contributed by atoms with van der Waals surface area (Å²) in [5, 5.41) is 11.7. The van der Waals surface area contributed by atoms with Gasteiger partial charge in [-0.05, 0) is 48.9 Å². The number of hydrogen-bond acceptors (Lipinski definition) is 4. The van der Waals surface area contributed by atoms with E-state index in [1.54, 1.807) is 12.1 Å². The number of benzene rings is 1. The molecule has 0 fully saturated rings. The first-order valence-electron chi connectivity index (χ1n) is 7.09. The molecule has 1 aromatic rings. The molecule has 0 heterocycles. The molecule has 4 N–H and O–H groups in total. The van der Waals surface area contributed by atoms with Gasteiger partial charge in [-0.2, -0.15) is 0 Å². The molecule has 0 aromatic heterocycles. The molecule has 116 valence electrons. The normalized spacial score (nSPS) is 16.7. The van der Waals surface area contributed by atoms with Gasteiger partial charge in [-0.1, -0.05) is 24.6 Å². The van der Waals surface area contributed by atoms with E-state index in [1.165, 1.54) is 5.56 Å². The van der Waals surface area contributed by atoms with Crippen molar-refractivity contribution in [3.63, 3.8) is 0 Å². The molecule has 21 heavy (non-hydrogen) atoms. The van der Waals surface area contributed by atoms with Gasteiger partial charge in [0.25, 0.3) is 0 Å². The molecular formula is C14H21N3O3S. The zero-order chi connectivity index (χ0) is 15.5. The molecule has 1 aromatic carbocycles. The third-order valence-electron chi connectivity index (χ3n) is 3.73. The third-order valence-corrected chi connectivity index (χ3v) is 5.20. The highest BCUT2D eigenvalue weighted by molar-refractivity contribution is 7.89. The molecule has 0 saturated heterocycles. The van der Waals surface area contributed by atoms with Gasteiger partial charge in [-0.3, -0.25) is 0 Å². The van der Waals surface area contributed by atoms with Crippen molar-refractivity contribution in [1.82, 2.24) is 4.72 Å². The van der Waals surface area contributed by atoms with Gasteiger partial charge >= 0.3 is 0 Å². The fourth-order valence-corrected chi connectivity index (χ4v) is 3.89. The molecule has 7 heteroatoms. The Labute approximate surface area is 125 Å². The predicted molar refractivity (Wildman–Crippen MR) is 80.9 cm³/mol. The molecule has 6 nitrogen and oxygen atoms in total. The lowest BCUT2D eigenvalue weighted by molar-refractivity contribution is 0.315. The first-order valence-corrected chi connectivity index (χ1v) is 8.57. The number of fused-ring (bicyclic) bond motifs is 1. The van der Waals surface area contributed by atoms with Gasteiger partial charge in [0.05, 0.1) is 10.9 Å². The van der Waals surface area contributed by atoms with E-state index in [1.807, 2.05) is 13.0 Å². The van der Waals surface area contributed by atoms with Crippen molar-refractivity contribution in [2.75, 3.05) is 0 Å². The SMILES string of the molecule is CCCC(NS(=O)(=O)c1ccc2c(c1)CCC2)/C(N)=N/O. The minimum absolute atomic E-state index is 0.124. The number of sulfonamides is 1. The van der Waals surface area contributed by atoms with Crippen LogP contribution in [0.5, 0.6) is 0 Å². The lowest BCUT2D eigenvalue weighted by atomic mass is 10.1. The second-order valence-corrected chi connectivity index (χ2v) is 6.99. The van der Waals surface area contributed by atoms with Crippen LogP contribution in [-0.2, 0) is 22.9 Å². The summed E-state index contributed by atoms with van der Waals surface area (Å²) in [5.41, 5.74) is 7.86. The molecule has 1 unspecified atom stereocenters. The molecule has 1 aliphatic carbocycles. The maximum atomic E-state index is 12.4. The monoisotopic (exact) mass is 311 g/mol. The summed E-state index contributed by atoms with van der Waals surface area (Å²) < 4.78 is 27.4. The smallest absolute Gasteiger partial charge is 0.241 e. The zero-order valence-electron chi connectivity index (χ0n) is 12.0. The Kier molecular flexibility index (Phi) is 4.84. The zero-order valence-corrected chi connectivity index (χ0v) is 12.9. The Bertz CT molecular complexity index is 641. The van der Waals surface area contributed by atoms with Gasteiger partial charge in [0, 0.05) is 0 Å². The molecule has 0 radical (unpaired) electrons. The van der Waals surface area contributed by atoms with Crippen molar-refractivity contribution in [1.29, 1.82) is 0 Å². The molecule has 0 amide bonds. The van der Waals surface area contributed by atoms with Crippen LogP contribution in [0.25, 0.3) is 0 Å². The Balaban J connectivity index is 2.25. The maximum Gasteiger partial charge on any atom is 0.241 e. The van der Waals surface area contributed by atoms with Crippen LogP contribution < -0.4 is 10.5 Å². The Morgan fingerprint density at radius 2 is 2.14 bits per heavy atom. The summed E-state index contributed by atoms with van der Waals surface area (Å²) in [4.78, 5) is 0.231. The largest absolute Gasteiger partial charge is 0.409 e. The van der Waals surface area contributed by atoms with E-state index in [4.69, 9.17) is 10.9 Å². The second-order valence-electron chi connectivity index (χ2n) is 5.27. The molecule has 0 spiro atoms. The number of amidine groups is 1. The topological polar surface area (TPSA) is 105 Å². The number of nitrogens with two attached hydrogens (primary N) is 1. The van der Waals surface area contributed by atoms with Gasteiger partial charge in [0.2, 0.25) is 10.0 Å². The fourth-order valence-electron chi connectivity index (χ4n) is 2.60. The van der Waals surface area contributed by atoms with Gasteiger partial charge in [-0.25, -0.2) is 13.1 Å². The van der Waals surface area contributed by atoms with Crippen LogP contribution in [-0.4, -0.2) is 25.5 Å². The Hall–Kier alpha value is -1.60. The van der Waals surface area contributed by atoms with E-state index in [-0.39, 0.29) is 10.7 Å². The Morgan fingerprint density at radius 1 is 1.43 bits per heavy atom. The summed E-state index contributed by atoms with van der Waals surface area (Å²) in [6.07, 6.45) is 4.17. The molecule has 0 saturated carbocycles. The van der Waals surface area contributed by atoms with E-state index in [0.717, 1.165) is 24.8 Å². The fraction of sp³-hybridized carbons (Fsp3) is 0.500. The van der Waals surface area contributed by atoms with Crippen LogP contribution in [0.2, 0.25) is 0 Å². The predicted octanol–water partition coefficient (Wildman–Crippen LogP) is 1.37. The molecule has 0 bridgehead atoms. The first-order chi connectivity index (χ1) is 9.97. The number of oxime groups is 1. The average molecular weight is 311 g/mol. The summed E-state index contributed by atoms with van der Waals surface area (Å²) in [7, 11) is -3.68. The van der Waals surface area contributed by atoms with Crippen molar-refractivity contribution in [2.24, 2.45) is 10.9 Å². The number of nitrogens with zero attached hydrogens (tertiary/aromatic N) is 1. The van der Waals surface area contributed by atoms with Crippen LogP contribution in [0.4, 0.5) is 0 Å². The van der Waals surface area contributed by atoms with Crippen molar-refractivity contribution in [2.45, 2.75) is 50.0 Å². The van der Waals surface area contributed by atoms with Crippen LogP contribution >= 0.6 is 0 Å². The number of hydrogen-bond donors (Lipinski definition) is 3. The standard InChI is InChI=1S/C14H21N3O3S/c1-2-4-13(14(15)16-18)17-21(19,20)12-8-7-10-5-3-6-11(10)9-12/h7-9,13,17-18H,2-6H2,1H3,(H2,15,16). The van der Waals surface area contributed by atoms with E-state index in [0.29, 0.717) is 12.8 Å². The van der Waals surface area contributed by atoms with Gasteiger partial charge in [-0.15, -0.1) is 0 Å². The second kappa shape index (κ2) is 6.44. The van der Waals surface area contributed by atoms with Crippen molar-refractivity contribution < 1.29 is 13.6 Å².